The summed E-state index contributed by atoms with van der Waals surface area (Å²) in [4.78, 5) is 34.9. The third-order valence-electron chi connectivity index (χ3n) is 6.42. The van der Waals surface area contributed by atoms with Crippen LogP contribution in [0.15, 0.2) is 42.5 Å². The van der Waals surface area contributed by atoms with Gasteiger partial charge in [-0.2, -0.15) is 0 Å². The summed E-state index contributed by atoms with van der Waals surface area (Å²) in [6.07, 6.45) is 2.26. The standard InChI is InChI=1S/C28H39N3O5.C2H2O4/c1-3-33-24-8-10-25(11-9-24)35-17-18-36-26-12-5-22(19-27(26)34-4-2)20-30-13-15-31(16-14-30)21-28(32)29-23-6-7-23;3-1(4)2(5)6/h5,8-12,19,23H,3-4,6-7,13-18,20-21H2,1-2H3,(H,29,32);(H,3,4)(H,5,6). The molecule has 2 aliphatic rings. The number of aliphatic carboxylic acids is 2. The van der Waals surface area contributed by atoms with Crippen molar-refractivity contribution in [3.63, 3.8) is 0 Å². The Labute approximate surface area is 246 Å². The lowest BCUT2D eigenvalue weighted by atomic mass is 10.1. The molecule has 0 bridgehead atoms. The molecule has 1 heterocycles. The van der Waals surface area contributed by atoms with Gasteiger partial charge in [-0.1, -0.05) is 6.07 Å². The van der Waals surface area contributed by atoms with Gasteiger partial charge in [0.05, 0.1) is 19.8 Å². The maximum atomic E-state index is 12.1. The number of rotatable bonds is 14. The van der Waals surface area contributed by atoms with Crippen molar-refractivity contribution in [3.8, 4) is 23.0 Å². The minimum absolute atomic E-state index is 0.160. The molecular formula is C30H41N3O9. The number of carbonyl (C=O) groups excluding carboxylic acids is 1. The van der Waals surface area contributed by atoms with Crippen molar-refractivity contribution in [1.29, 1.82) is 0 Å². The van der Waals surface area contributed by atoms with Crippen molar-refractivity contribution in [1.82, 2.24) is 15.1 Å². The van der Waals surface area contributed by atoms with E-state index in [1.165, 1.54) is 5.56 Å². The van der Waals surface area contributed by atoms with E-state index in [-0.39, 0.29) is 5.91 Å². The predicted molar refractivity (Wildman–Crippen MR) is 154 cm³/mol. The van der Waals surface area contributed by atoms with E-state index in [0.29, 0.717) is 39.0 Å². The maximum absolute atomic E-state index is 12.1. The average molecular weight is 588 g/mol. The molecule has 1 saturated carbocycles. The first-order valence-corrected chi connectivity index (χ1v) is 14.2. The van der Waals surface area contributed by atoms with Gasteiger partial charge in [0, 0.05) is 38.8 Å². The fraction of sp³-hybridized carbons (Fsp3) is 0.500. The molecule has 3 N–H and O–H groups in total. The SMILES string of the molecule is CCOc1ccc(OCCOc2ccc(CN3CCN(CC(=O)NC4CC4)CC3)cc2OCC)cc1.O=C(O)C(=O)O. The van der Waals surface area contributed by atoms with Gasteiger partial charge in [-0.15, -0.1) is 0 Å². The van der Waals surface area contributed by atoms with E-state index < -0.39 is 11.9 Å². The van der Waals surface area contributed by atoms with Crippen LogP contribution in [0.25, 0.3) is 0 Å². The van der Waals surface area contributed by atoms with Gasteiger partial charge in [-0.05, 0) is 68.7 Å². The Morgan fingerprint density at radius 2 is 1.33 bits per heavy atom. The second-order valence-electron chi connectivity index (χ2n) is 9.82. The summed E-state index contributed by atoms with van der Waals surface area (Å²) >= 11 is 0. The third kappa shape index (κ3) is 11.8. The number of amides is 1. The number of carboxylic acid groups (broad SMARTS) is 2. The molecule has 12 nitrogen and oxygen atoms in total. The van der Waals surface area contributed by atoms with Gasteiger partial charge in [-0.3, -0.25) is 14.6 Å². The summed E-state index contributed by atoms with van der Waals surface area (Å²) in [5, 5.41) is 17.9. The van der Waals surface area contributed by atoms with Crippen LogP contribution >= 0.6 is 0 Å². The Balaban J connectivity index is 0.000000730. The highest BCUT2D eigenvalue weighted by Crippen LogP contribution is 2.29. The quantitative estimate of drug-likeness (QED) is 0.221. The summed E-state index contributed by atoms with van der Waals surface area (Å²) in [7, 11) is 0. The molecule has 42 heavy (non-hydrogen) atoms. The zero-order chi connectivity index (χ0) is 30.3. The Morgan fingerprint density at radius 3 is 1.90 bits per heavy atom. The number of hydrogen-bond acceptors (Lipinski definition) is 9. The number of benzene rings is 2. The van der Waals surface area contributed by atoms with Gasteiger partial charge < -0.3 is 34.5 Å². The van der Waals surface area contributed by atoms with Crippen LogP contribution in [0, 0.1) is 0 Å². The zero-order valence-electron chi connectivity index (χ0n) is 24.3. The molecule has 12 heteroatoms. The molecule has 0 atom stereocenters. The molecule has 4 rings (SSSR count). The maximum Gasteiger partial charge on any atom is 0.414 e. The van der Waals surface area contributed by atoms with Crippen LogP contribution in [0.2, 0.25) is 0 Å². The van der Waals surface area contributed by atoms with Crippen LogP contribution in [-0.4, -0.2) is 103 Å². The molecule has 1 saturated heterocycles. The largest absolute Gasteiger partial charge is 0.494 e. The highest BCUT2D eigenvalue weighted by Gasteiger charge is 2.25. The molecular weight excluding hydrogens is 546 g/mol. The number of ether oxygens (including phenoxy) is 4. The molecule has 0 spiro atoms. The summed E-state index contributed by atoms with van der Waals surface area (Å²) in [5.74, 6) is -0.390. The monoisotopic (exact) mass is 587 g/mol. The molecule has 0 unspecified atom stereocenters. The van der Waals surface area contributed by atoms with Crippen molar-refractivity contribution in [2.75, 3.05) is 59.2 Å². The predicted octanol–water partition coefficient (Wildman–Crippen LogP) is 2.49. The van der Waals surface area contributed by atoms with Crippen LogP contribution in [0.4, 0.5) is 0 Å². The molecule has 2 aromatic rings. The Bertz CT molecular complexity index is 1140. The van der Waals surface area contributed by atoms with E-state index >= 15 is 0 Å². The number of hydrogen-bond donors (Lipinski definition) is 3. The number of nitrogens with zero attached hydrogens (tertiary/aromatic N) is 2. The lowest BCUT2D eigenvalue weighted by Crippen LogP contribution is -2.49. The minimum atomic E-state index is -1.82. The van der Waals surface area contributed by atoms with Crippen molar-refractivity contribution in [2.24, 2.45) is 0 Å². The first-order valence-electron chi connectivity index (χ1n) is 14.2. The van der Waals surface area contributed by atoms with Crippen molar-refractivity contribution >= 4 is 17.8 Å². The summed E-state index contributed by atoms with van der Waals surface area (Å²) in [6.45, 7) is 11.1. The van der Waals surface area contributed by atoms with Gasteiger partial charge in [-0.25, -0.2) is 9.59 Å². The van der Waals surface area contributed by atoms with E-state index in [0.717, 1.165) is 68.6 Å². The van der Waals surface area contributed by atoms with Gasteiger partial charge >= 0.3 is 11.9 Å². The van der Waals surface area contributed by atoms with E-state index in [2.05, 4.69) is 27.2 Å². The molecule has 0 aromatic heterocycles. The number of carboxylic acids is 2. The van der Waals surface area contributed by atoms with E-state index in [9.17, 15) is 4.79 Å². The second kappa shape index (κ2) is 17.0. The van der Waals surface area contributed by atoms with E-state index in [1.807, 2.05) is 44.2 Å². The van der Waals surface area contributed by atoms with Gasteiger partial charge in [0.25, 0.3) is 0 Å². The molecule has 2 aromatic carbocycles. The molecule has 0 radical (unpaired) electrons. The number of piperazine rings is 1. The van der Waals surface area contributed by atoms with E-state index in [4.69, 9.17) is 38.7 Å². The topological polar surface area (TPSA) is 147 Å². The number of nitrogens with one attached hydrogen (secondary N) is 1. The molecule has 2 fully saturated rings. The highest BCUT2D eigenvalue weighted by atomic mass is 16.5. The first kappa shape index (κ1) is 32.5. The highest BCUT2D eigenvalue weighted by molar-refractivity contribution is 6.27. The Hall–Kier alpha value is -4.03. The van der Waals surface area contributed by atoms with Gasteiger partial charge in [0.15, 0.2) is 11.5 Å². The van der Waals surface area contributed by atoms with Crippen LogP contribution in [-0.2, 0) is 20.9 Å². The van der Waals surface area contributed by atoms with Crippen LogP contribution < -0.4 is 24.3 Å². The lowest BCUT2D eigenvalue weighted by molar-refractivity contribution is -0.159. The normalized spacial score (nSPS) is 15.1. The molecule has 230 valence electrons. The molecule has 1 aliphatic carbocycles. The van der Waals surface area contributed by atoms with Gasteiger partial charge in [0.1, 0.15) is 24.7 Å². The first-order chi connectivity index (χ1) is 20.3. The smallest absolute Gasteiger partial charge is 0.414 e. The summed E-state index contributed by atoms with van der Waals surface area (Å²) < 4.78 is 23.1. The van der Waals surface area contributed by atoms with E-state index in [1.54, 1.807) is 0 Å². The summed E-state index contributed by atoms with van der Waals surface area (Å²) in [6, 6.07) is 14.2. The average Bonchev–Trinajstić information content (AvgIpc) is 3.78. The fourth-order valence-corrected chi connectivity index (χ4v) is 4.22. The Morgan fingerprint density at radius 1 is 0.762 bits per heavy atom. The zero-order valence-corrected chi connectivity index (χ0v) is 24.3. The fourth-order valence-electron chi connectivity index (χ4n) is 4.22. The van der Waals surface area contributed by atoms with Crippen molar-refractivity contribution in [3.05, 3.63) is 48.0 Å². The molecule has 1 aliphatic heterocycles. The van der Waals surface area contributed by atoms with Crippen LogP contribution in [0.1, 0.15) is 32.3 Å². The van der Waals surface area contributed by atoms with Crippen LogP contribution in [0.5, 0.6) is 23.0 Å². The van der Waals surface area contributed by atoms with Crippen molar-refractivity contribution in [2.45, 2.75) is 39.3 Å². The third-order valence-corrected chi connectivity index (χ3v) is 6.42. The van der Waals surface area contributed by atoms with Gasteiger partial charge in [0.2, 0.25) is 5.91 Å². The van der Waals surface area contributed by atoms with Crippen molar-refractivity contribution < 1.29 is 43.5 Å². The minimum Gasteiger partial charge on any atom is -0.494 e. The van der Waals surface area contributed by atoms with Crippen LogP contribution in [0.3, 0.4) is 0 Å². The lowest BCUT2D eigenvalue weighted by Gasteiger charge is -2.34. The second-order valence-corrected chi connectivity index (χ2v) is 9.82. The number of carbonyl (C=O) groups is 3. The summed E-state index contributed by atoms with van der Waals surface area (Å²) in [5.41, 5.74) is 1.19. The Kier molecular flexibility index (Phi) is 13.2. The molecule has 1 amide bonds.